The second-order valence-corrected chi connectivity index (χ2v) is 5.13. The Morgan fingerprint density at radius 3 is 2.90 bits per heavy atom. The number of rotatable bonds is 4. The molecule has 1 aromatic heterocycles. The Kier molecular flexibility index (Phi) is 4.07. The fourth-order valence-electron chi connectivity index (χ4n) is 2.73. The monoisotopic (exact) mass is 271 g/mol. The van der Waals surface area contributed by atoms with E-state index in [1.54, 1.807) is 0 Å². The molecule has 0 radical (unpaired) electrons. The minimum absolute atomic E-state index is 0.358. The summed E-state index contributed by atoms with van der Waals surface area (Å²) >= 11 is 0. The van der Waals surface area contributed by atoms with Crippen molar-refractivity contribution in [3.05, 3.63) is 42.2 Å². The zero-order valence-corrected chi connectivity index (χ0v) is 11.9. The van der Waals surface area contributed by atoms with Gasteiger partial charge in [-0.25, -0.2) is 0 Å². The van der Waals surface area contributed by atoms with Crippen molar-refractivity contribution in [2.45, 2.75) is 32.2 Å². The predicted molar refractivity (Wildman–Crippen MR) is 79.9 cm³/mol. The van der Waals surface area contributed by atoms with Crippen LogP contribution < -0.4 is 10.1 Å². The van der Waals surface area contributed by atoms with E-state index in [1.807, 2.05) is 37.3 Å². The van der Waals surface area contributed by atoms with Gasteiger partial charge in [-0.15, -0.1) is 0 Å². The Labute approximate surface area is 119 Å². The van der Waals surface area contributed by atoms with E-state index in [2.05, 4.69) is 11.4 Å². The summed E-state index contributed by atoms with van der Waals surface area (Å²) in [6.45, 7) is 3.74. The van der Waals surface area contributed by atoms with E-state index >= 15 is 0 Å². The minimum atomic E-state index is 0.358. The molecule has 0 aliphatic carbocycles. The maximum absolute atomic E-state index is 6.05. The highest BCUT2D eigenvalue weighted by molar-refractivity contribution is 5.65. The van der Waals surface area contributed by atoms with Gasteiger partial charge in [-0.05, 0) is 50.6 Å². The molecule has 2 heterocycles. The van der Waals surface area contributed by atoms with E-state index in [9.17, 15) is 0 Å². The van der Waals surface area contributed by atoms with Crippen LogP contribution in [0.1, 0.15) is 38.0 Å². The summed E-state index contributed by atoms with van der Waals surface area (Å²) in [5.74, 6) is 2.80. The van der Waals surface area contributed by atoms with Gasteiger partial charge in [0.25, 0.3) is 0 Å². The Hall–Kier alpha value is -1.74. The third kappa shape index (κ3) is 2.73. The van der Waals surface area contributed by atoms with Crippen LogP contribution in [0.25, 0.3) is 11.3 Å². The normalized spacial score (nSPS) is 18.9. The SMILES string of the molecule is CCOc1ccccc1-c1ccc([C@@H]2CCCCN2)o1. The molecule has 1 saturated heterocycles. The standard InChI is InChI=1S/C17H21NO2/c1-2-19-15-9-4-3-7-13(15)16-10-11-17(20-16)14-8-5-6-12-18-14/h3-4,7,9-11,14,18H,2,5-6,8,12H2,1H3/t14-/m0/s1. The van der Waals surface area contributed by atoms with Gasteiger partial charge in [-0.3, -0.25) is 0 Å². The van der Waals surface area contributed by atoms with Crippen LogP contribution in [0.3, 0.4) is 0 Å². The van der Waals surface area contributed by atoms with Gasteiger partial charge in [-0.2, -0.15) is 0 Å². The first-order chi connectivity index (χ1) is 9.88. The number of ether oxygens (including phenoxy) is 1. The lowest BCUT2D eigenvalue weighted by Crippen LogP contribution is -2.26. The Balaban J connectivity index is 1.86. The number of furan rings is 1. The maximum Gasteiger partial charge on any atom is 0.138 e. The van der Waals surface area contributed by atoms with E-state index in [4.69, 9.17) is 9.15 Å². The van der Waals surface area contributed by atoms with Gasteiger partial charge in [0.2, 0.25) is 0 Å². The van der Waals surface area contributed by atoms with Crippen molar-refractivity contribution in [3.63, 3.8) is 0 Å². The van der Waals surface area contributed by atoms with E-state index in [0.717, 1.165) is 35.8 Å². The van der Waals surface area contributed by atoms with Gasteiger partial charge in [0, 0.05) is 0 Å². The molecular weight excluding hydrogens is 250 g/mol. The van der Waals surface area contributed by atoms with E-state index in [1.165, 1.54) is 12.8 Å². The number of benzene rings is 1. The fraction of sp³-hybridized carbons (Fsp3) is 0.412. The predicted octanol–water partition coefficient (Wildman–Crippen LogP) is 4.16. The molecule has 0 amide bonds. The van der Waals surface area contributed by atoms with Crippen LogP contribution in [0.15, 0.2) is 40.8 Å². The highest BCUT2D eigenvalue weighted by Gasteiger charge is 2.19. The molecule has 0 unspecified atom stereocenters. The molecule has 1 aliphatic rings. The lowest BCUT2D eigenvalue weighted by molar-refractivity contribution is 0.337. The summed E-state index contributed by atoms with van der Waals surface area (Å²) < 4.78 is 11.7. The second kappa shape index (κ2) is 6.14. The third-order valence-electron chi connectivity index (χ3n) is 3.73. The van der Waals surface area contributed by atoms with Crippen molar-refractivity contribution in [2.24, 2.45) is 0 Å². The van der Waals surface area contributed by atoms with E-state index in [-0.39, 0.29) is 0 Å². The Bertz CT molecular complexity index is 556. The summed E-state index contributed by atoms with van der Waals surface area (Å²) in [6, 6.07) is 12.5. The Morgan fingerprint density at radius 1 is 1.20 bits per heavy atom. The number of hydrogen-bond acceptors (Lipinski definition) is 3. The lowest BCUT2D eigenvalue weighted by atomic mass is 10.0. The van der Waals surface area contributed by atoms with Crippen molar-refractivity contribution in [2.75, 3.05) is 13.2 Å². The summed E-state index contributed by atoms with van der Waals surface area (Å²) in [5, 5.41) is 3.51. The molecule has 1 fully saturated rings. The summed E-state index contributed by atoms with van der Waals surface area (Å²) in [4.78, 5) is 0. The highest BCUT2D eigenvalue weighted by Crippen LogP contribution is 2.34. The van der Waals surface area contributed by atoms with Crippen molar-refractivity contribution < 1.29 is 9.15 Å². The van der Waals surface area contributed by atoms with Crippen LogP contribution in [0.4, 0.5) is 0 Å². The second-order valence-electron chi connectivity index (χ2n) is 5.13. The summed E-state index contributed by atoms with van der Waals surface area (Å²) in [6.07, 6.45) is 3.68. The minimum Gasteiger partial charge on any atom is -0.493 e. The van der Waals surface area contributed by atoms with Gasteiger partial charge in [0.1, 0.15) is 17.3 Å². The molecule has 1 aromatic carbocycles. The molecule has 0 spiro atoms. The number of hydrogen-bond donors (Lipinski definition) is 1. The van der Waals surface area contributed by atoms with Crippen LogP contribution in [-0.4, -0.2) is 13.2 Å². The van der Waals surface area contributed by atoms with Crippen LogP contribution in [0.5, 0.6) is 5.75 Å². The third-order valence-corrected chi connectivity index (χ3v) is 3.73. The highest BCUT2D eigenvalue weighted by atomic mass is 16.5. The molecule has 0 saturated carbocycles. The van der Waals surface area contributed by atoms with Gasteiger partial charge < -0.3 is 14.5 Å². The van der Waals surface area contributed by atoms with Crippen molar-refractivity contribution in [1.82, 2.24) is 5.32 Å². The van der Waals surface area contributed by atoms with Crippen LogP contribution >= 0.6 is 0 Å². The maximum atomic E-state index is 6.05. The zero-order valence-electron chi connectivity index (χ0n) is 11.9. The number of nitrogens with one attached hydrogen (secondary N) is 1. The van der Waals surface area contributed by atoms with Gasteiger partial charge in [0.15, 0.2) is 0 Å². The average Bonchev–Trinajstić information content (AvgIpc) is 2.99. The molecule has 20 heavy (non-hydrogen) atoms. The smallest absolute Gasteiger partial charge is 0.138 e. The molecule has 3 rings (SSSR count). The average molecular weight is 271 g/mol. The largest absolute Gasteiger partial charge is 0.493 e. The van der Waals surface area contributed by atoms with Crippen molar-refractivity contribution >= 4 is 0 Å². The quantitative estimate of drug-likeness (QED) is 0.906. The molecule has 3 heteroatoms. The number of piperidine rings is 1. The molecule has 1 atom stereocenters. The van der Waals surface area contributed by atoms with Crippen LogP contribution in [0, 0.1) is 0 Å². The number of para-hydroxylation sites is 1. The summed E-state index contributed by atoms with van der Waals surface area (Å²) in [5.41, 5.74) is 1.02. The first-order valence-corrected chi connectivity index (χ1v) is 7.44. The molecular formula is C17H21NO2. The first kappa shape index (κ1) is 13.3. The van der Waals surface area contributed by atoms with E-state index < -0.39 is 0 Å². The molecule has 1 aliphatic heterocycles. The molecule has 106 valence electrons. The fourth-order valence-corrected chi connectivity index (χ4v) is 2.73. The van der Waals surface area contributed by atoms with Gasteiger partial charge >= 0.3 is 0 Å². The first-order valence-electron chi connectivity index (χ1n) is 7.44. The van der Waals surface area contributed by atoms with Crippen LogP contribution in [-0.2, 0) is 0 Å². The van der Waals surface area contributed by atoms with Gasteiger partial charge in [0.05, 0.1) is 18.2 Å². The molecule has 0 bridgehead atoms. The van der Waals surface area contributed by atoms with Crippen LogP contribution in [0.2, 0.25) is 0 Å². The van der Waals surface area contributed by atoms with Gasteiger partial charge in [-0.1, -0.05) is 18.6 Å². The molecule has 1 N–H and O–H groups in total. The molecule has 2 aromatic rings. The zero-order chi connectivity index (χ0) is 13.8. The lowest BCUT2D eigenvalue weighted by Gasteiger charge is -2.21. The summed E-state index contributed by atoms with van der Waals surface area (Å²) in [7, 11) is 0. The van der Waals surface area contributed by atoms with Crippen molar-refractivity contribution in [3.8, 4) is 17.1 Å². The topological polar surface area (TPSA) is 34.4 Å². The van der Waals surface area contributed by atoms with Crippen molar-refractivity contribution in [1.29, 1.82) is 0 Å². The van der Waals surface area contributed by atoms with E-state index in [0.29, 0.717) is 12.6 Å². The Morgan fingerprint density at radius 2 is 2.10 bits per heavy atom. The molecule has 3 nitrogen and oxygen atoms in total.